The highest BCUT2D eigenvalue weighted by Crippen LogP contribution is 2.41. The Morgan fingerprint density at radius 3 is 2.65 bits per heavy atom. The minimum atomic E-state index is -0.447. The summed E-state index contributed by atoms with van der Waals surface area (Å²) in [4.78, 5) is 41.8. The molecule has 0 spiro atoms. The molecule has 1 saturated heterocycles. The average molecular weight is 381 g/mol. The number of nitrogens with zero attached hydrogens (tertiary/aromatic N) is 3. The van der Waals surface area contributed by atoms with Crippen molar-refractivity contribution >= 4 is 34.8 Å². The summed E-state index contributed by atoms with van der Waals surface area (Å²) in [5, 5.41) is 3.52. The number of rotatable bonds is 6. The second-order valence-electron chi connectivity index (χ2n) is 6.86. The molecule has 8 nitrogen and oxygen atoms in total. The molecule has 3 aliphatic rings. The van der Waals surface area contributed by atoms with Crippen LogP contribution < -0.4 is 5.32 Å². The van der Waals surface area contributed by atoms with Gasteiger partial charge in [0, 0.05) is 25.1 Å². The molecule has 0 radical (unpaired) electrons. The first-order valence-electron chi connectivity index (χ1n) is 8.77. The monoisotopic (exact) mass is 381 g/mol. The fraction of sp³-hybridized carbons (Fsp3) is 0.647. The number of hydrogen-bond acceptors (Lipinski definition) is 5. The number of methoxy groups -OCH3 is 1. The Kier molecular flexibility index (Phi) is 5.38. The molecule has 0 aromatic heterocycles. The van der Waals surface area contributed by atoms with Crippen LogP contribution in [0.2, 0.25) is 0 Å². The SMILES string of the molecule is COCC[N+]1=C2SC(CN3CCNC3=O)=C(C)C2C(=O)N(C(C)C)C1=O. The third-order valence-corrected chi connectivity index (χ3v) is 6.21. The molecule has 0 aliphatic carbocycles. The third-order valence-electron chi connectivity index (χ3n) is 4.85. The minimum absolute atomic E-state index is 0.0896. The van der Waals surface area contributed by atoms with Crippen molar-refractivity contribution in [1.82, 2.24) is 15.1 Å². The third kappa shape index (κ3) is 3.14. The molecule has 0 bridgehead atoms. The molecule has 26 heavy (non-hydrogen) atoms. The summed E-state index contributed by atoms with van der Waals surface area (Å²) in [6.07, 6.45) is 0. The van der Waals surface area contributed by atoms with Crippen LogP contribution in [0.3, 0.4) is 0 Å². The van der Waals surface area contributed by atoms with E-state index in [-0.39, 0.29) is 24.0 Å². The fourth-order valence-electron chi connectivity index (χ4n) is 3.43. The van der Waals surface area contributed by atoms with Crippen molar-refractivity contribution in [2.24, 2.45) is 5.92 Å². The lowest BCUT2D eigenvalue weighted by Crippen LogP contribution is -2.56. The first-order valence-corrected chi connectivity index (χ1v) is 9.59. The molecule has 5 amide bonds. The second-order valence-corrected chi connectivity index (χ2v) is 7.98. The lowest BCUT2D eigenvalue weighted by Gasteiger charge is -2.27. The van der Waals surface area contributed by atoms with E-state index < -0.39 is 5.92 Å². The average Bonchev–Trinajstić information content (AvgIpc) is 3.12. The van der Waals surface area contributed by atoms with Crippen LogP contribution in [-0.4, -0.2) is 83.3 Å². The molecule has 0 aromatic carbocycles. The van der Waals surface area contributed by atoms with E-state index in [4.69, 9.17) is 4.74 Å². The van der Waals surface area contributed by atoms with E-state index in [1.165, 1.54) is 16.7 Å². The molecule has 0 saturated carbocycles. The molecule has 142 valence electrons. The Morgan fingerprint density at radius 1 is 1.35 bits per heavy atom. The Hall–Kier alpha value is -1.87. The van der Waals surface area contributed by atoms with Crippen molar-refractivity contribution in [2.75, 3.05) is 39.9 Å². The van der Waals surface area contributed by atoms with E-state index in [0.29, 0.717) is 32.8 Å². The Balaban J connectivity index is 1.96. The van der Waals surface area contributed by atoms with Crippen LogP contribution in [0.1, 0.15) is 20.8 Å². The predicted molar refractivity (Wildman–Crippen MR) is 98.1 cm³/mol. The van der Waals surface area contributed by atoms with E-state index in [9.17, 15) is 14.4 Å². The number of hydrogen-bond donors (Lipinski definition) is 1. The lowest BCUT2D eigenvalue weighted by molar-refractivity contribution is -0.442. The molecular formula is C17H25N4O4S+. The summed E-state index contributed by atoms with van der Waals surface area (Å²) in [6, 6.07) is -0.602. The number of ether oxygens (including phenoxy) is 1. The van der Waals surface area contributed by atoms with Crippen LogP contribution in [-0.2, 0) is 9.53 Å². The number of imide groups is 1. The van der Waals surface area contributed by atoms with Gasteiger partial charge in [-0.05, 0) is 26.3 Å². The minimum Gasteiger partial charge on any atom is -0.381 e. The predicted octanol–water partition coefficient (Wildman–Crippen LogP) is 1.08. The number of nitrogens with one attached hydrogen (secondary N) is 1. The number of fused-ring (bicyclic) bond motifs is 1. The summed E-state index contributed by atoms with van der Waals surface area (Å²) in [6.45, 7) is 8.14. The molecular weight excluding hydrogens is 356 g/mol. The standard InChI is InChI=1S/C17H24N4O4S/c1-10(2)21-14(22)13-11(3)12(9-19-6-5-18-16(19)23)26-15(13)20(17(21)24)7-8-25-4/h10,13H,5-9H2,1-4H3/p+1. The molecule has 3 aliphatic heterocycles. The zero-order chi connectivity index (χ0) is 19.0. The topological polar surface area (TPSA) is 82.0 Å². The summed E-state index contributed by atoms with van der Waals surface area (Å²) < 4.78 is 6.80. The highest BCUT2D eigenvalue weighted by molar-refractivity contribution is 8.17. The molecule has 1 N–H and O–H groups in total. The number of thioether (sulfide) groups is 1. The van der Waals surface area contributed by atoms with Gasteiger partial charge in [-0.1, -0.05) is 11.8 Å². The largest absolute Gasteiger partial charge is 0.501 e. The van der Waals surface area contributed by atoms with Crippen LogP contribution in [0.5, 0.6) is 0 Å². The quantitative estimate of drug-likeness (QED) is 0.696. The zero-order valence-electron chi connectivity index (χ0n) is 15.6. The maximum absolute atomic E-state index is 13.0. The maximum atomic E-state index is 13.0. The van der Waals surface area contributed by atoms with Crippen molar-refractivity contribution in [3.8, 4) is 0 Å². The highest BCUT2D eigenvalue weighted by Gasteiger charge is 2.53. The molecule has 1 unspecified atom stereocenters. The highest BCUT2D eigenvalue weighted by atomic mass is 32.2. The molecule has 1 atom stereocenters. The van der Waals surface area contributed by atoms with Gasteiger partial charge in [-0.3, -0.25) is 0 Å². The van der Waals surface area contributed by atoms with E-state index in [1.54, 1.807) is 16.6 Å². The van der Waals surface area contributed by atoms with Crippen molar-refractivity contribution in [1.29, 1.82) is 0 Å². The summed E-state index contributed by atoms with van der Waals surface area (Å²) in [5.74, 6) is -0.628. The molecule has 9 heteroatoms. The molecule has 1 fully saturated rings. The second kappa shape index (κ2) is 7.40. The van der Waals surface area contributed by atoms with Crippen molar-refractivity contribution < 1.29 is 23.7 Å². The van der Waals surface area contributed by atoms with Gasteiger partial charge < -0.3 is 15.0 Å². The smallest absolute Gasteiger partial charge is 0.381 e. The van der Waals surface area contributed by atoms with Crippen LogP contribution >= 0.6 is 11.8 Å². The number of carbonyl (C=O) groups is 3. The van der Waals surface area contributed by atoms with Gasteiger partial charge in [0.15, 0.2) is 11.0 Å². The van der Waals surface area contributed by atoms with Gasteiger partial charge in [-0.25, -0.2) is 9.59 Å². The number of amides is 5. The van der Waals surface area contributed by atoms with E-state index in [2.05, 4.69) is 5.32 Å². The summed E-state index contributed by atoms with van der Waals surface area (Å²) in [5.41, 5.74) is 0.926. The number of carbonyl (C=O) groups excluding carboxylic acids is 3. The van der Waals surface area contributed by atoms with Crippen LogP contribution in [0, 0.1) is 5.92 Å². The van der Waals surface area contributed by atoms with Gasteiger partial charge in [0.2, 0.25) is 0 Å². The Labute approximate surface area is 157 Å². The molecule has 0 aromatic rings. The van der Waals surface area contributed by atoms with Crippen molar-refractivity contribution in [3.63, 3.8) is 0 Å². The normalized spacial score (nSPS) is 23.6. The lowest BCUT2D eigenvalue weighted by atomic mass is 9.97. The maximum Gasteiger partial charge on any atom is 0.501 e. The van der Waals surface area contributed by atoms with Gasteiger partial charge in [0.25, 0.3) is 0 Å². The molecule has 3 heterocycles. The van der Waals surface area contributed by atoms with Crippen LogP contribution in [0.15, 0.2) is 10.5 Å². The fourth-order valence-corrected chi connectivity index (χ4v) is 4.85. The van der Waals surface area contributed by atoms with Crippen LogP contribution in [0.4, 0.5) is 9.59 Å². The van der Waals surface area contributed by atoms with Gasteiger partial charge in [0.1, 0.15) is 12.6 Å². The van der Waals surface area contributed by atoms with Gasteiger partial charge in [-0.2, -0.15) is 14.3 Å². The summed E-state index contributed by atoms with van der Waals surface area (Å²) in [7, 11) is 1.59. The summed E-state index contributed by atoms with van der Waals surface area (Å²) >= 11 is 1.45. The van der Waals surface area contributed by atoms with E-state index >= 15 is 0 Å². The van der Waals surface area contributed by atoms with Crippen molar-refractivity contribution in [2.45, 2.75) is 26.8 Å². The first-order chi connectivity index (χ1) is 12.4. The van der Waals surface area contributed by atoms with E-state index in [0.717, 1.165) is 15.5 Å². The van der Waals surface area contributed by atoms with Gasteiger partial charge in [-0.15, -0.1) is 0 Å². The Morgan fingerprint density at radius 2 is 2.08 bits per heavy atom. The molecule has 3 rings (SSSR count). The first kappa shape index (κ1) is 18.9. The van der Waals surface area contributed by atoms with Gasteiger partial charge >= 0.3 is 18.0 Å². The van der Waals surface area contributed by atoms with Crippen LogP contribution in [0.25, 0.3) is 0 Å². The Bertz CT molecular complexity index is 716. The van der Waals surface area contributed by atoms with Crippen molar-refractivity contribution in [3.05, 3.63) is 10.5 Å². The van der Waals surface area contributed by atoms with Gasteiger partial charge in [0.05, 0.1) is 13.2 Å². The zero-order valence-corrected chi connectivity index (χ0v) is 16.4. The van der Waals surface area contributed by atoms with E-state index in [1.807, 2.05) is 20.8 Å². The number of urea groups is 2.